The van der Waals surface area contributed by atoms with Crippen LogP contribution in [0.25, 0.3) is 22.9 Å². The van der Waals surface area contributed by atoms with Gasteiger partial charge in [0.25, 0.3) is 0 Å². The first kappa shape index (κ1) is 23.0. The minimum Gasteiger partial charge on any atom is -0.388 e. The van der Waals surface area contributed by atoms with Crippen LogP contribution in [0.3, 0.4) is 0 Å². The molecular weight excluding hydrogens is 404 g/mol. The average molecular weight is 437 g/mol. The fraction of sp³-hybridized carbons (Fsp3) is 0.333. The highest BCUT2D eigenvalue weighted by Crippen LogP contribution is 2.31. The van der Waals surface area contributed by atoms with Gasteiger partial charge in [0, 0.05) is 12.3 Å². The summed E-state index contributed by atoms with van der Waals surface area (Å²) in [6, 6.07) is 18.8. The molecule has 1 unspecified atom stereocenters. The summed E-state index contributed by atoms with van der Waals surface area (Å²) in [7, 11) is 0. The molecule has 3 aromatic carbocycles. The van der Waals surface area contributed by atoms with Gasteiger partial charge in [0.15, 0.2) is 0 Å². The third-order valence-electron chi connectivity index (χ3n) is 6.28. The number of aliphatic imine (C=N–C) groups is 1. The van der Waals surface area contributed by atoms with Crippen molar-refractivity contribution in [3.63, 3.8) is 0 Å². The minimum absolute atomic E-state index is 0.376. The fourth-order valence-electron chi connectivity index (χ4n) is 4.65. The van der Waals surface area contributed by atoms with Gasteiger partial charge >= 0.3 is 0 Å². The summed E-state index contributed by atoms with van der Waals surface area (Å²) in [5, 5.41) is 22.3. The van der Waals surface area contributed by atoms with Crippen LogP contribution in [0.4, 0.5) is 0 Å². The van der Waals surface area contributed by atoms with E-state index in [2.05, 4.69) is 76.2 Å². The van der Waals surface area contributed by atoms with Gasteiger partial charge in [-0.1, -0.05) is 58.0 Å². The lowest BCUT2D eigenvalue weighted by molar-refractivity contribution is 0.152. The zero-order chi connectivity index (χ0) is 23.5. The summed E-state index contributed by atoms with van der Waals surface area (Å²) >= 11 is 0. The highest BCUT2D eigenvalue weighted by Gasteiger charge is 2.17. The van der Waals surface area contributed by atoms with Crippen LogP contribution in [0.15, 0.2) is 53.5 Å². The van der Waals surface area contributed by atoms with E-state index in [1.54, 1.807) is 0 Å². The van der Waals surface area contributed by atoms with Crippen LogP contribution in [-0.4, -0.2) is 17.4 Å². The van der Waals surface area contributed by atoms with Crippen molar-refractivity contribution in [2.75, 3.05) is 6.54 Å². The van der Waals surface area contributed by atoms with Gasteiger partial charge in [-0.3, -0.25) is 4.99 Å². The fourth-order valence-corrected chi connectivity index (χ4v) is 4.65. The van der Waals surface area contributed by atoms with Crippen LogP contribution >= 0.6 is 0 Å². The molecule has 0 saturated heterocycles. The molecule has 0 radical (unpaired) electrons. The van der Waals surface area contributed by atoms with Crippen LogP contribution in [0.5, 0.6) is 0 Å². The van der Waals surface area contributed by atoms with E-state index in [9.17, 15) is 10.4 Å². The highest BCUT2D eigenvalue weighted by atomic mass is 16.3. The first-order chi connectivity index (χ1) is 15.9. The lowest BCUT2D eigenvalue weighted by atomic mass is 9.90. The van der Waals surface area contributed by atoms with E-state index in [4.69, 9.17) is 4.99 Å². The molecule has 3 aromatic rings. The number of nitriles is 1. The van der Waals surface area contributed by atoms with E-state index in [1.165, 1.54) is 16.8 Å². The molecule has 168 valence electrons. The van der Waals surface area contributed by atoms with E-state index in [0.717, 1.165) is 40.4 Å². The molecule has 0 saturated carbocycles. The Labute approximate surface area is 197 Å². The van der Waals surface area contributed by atoms with Crippen molar-refractivity contribution >= 4 is 28.6 Å². The van der Waals surface area contributed by atoms with Crippen LogP contribution in [0, 0.1) is 23.2 Å². The maximum absolute atomic E-state index is 11.0. The summed E-state index contributed by atoms with van der Waals surface area (Å²) in [5.74, 6) is 0.785. The first-order valence-electron chi connectivity index (χ1n) is 11.9. The number of benzene rings is 3. The summed E-state index contributed by atoms with van der Waals surface area (Å²) in [6.45, 7) is 9.50. The van der Waals surface area contributed by atoms with Crippen molar-refractivity contribution in [3.8, 4) is 6.07 Å². The molecular formula is C30H32N2O. The second kappa shape index (κ2) is 9.73. The second-order valence-corrected chi connectivity index (χ2v) is 9.72. The minimum atomic E-state index is -0.566. The van der Waals surface area contributed by atoms with Crippen molar-refractivity contribution in [1.82, 2.24) is 0 Å². The molecule has 0 aromatic heterocycles. The smallest absolute Gasteiger partial charge is 0.0991 e. The number of nitrogens with zero attached hydrogens (tertiary/aromatic N) is 2. The number of hydrogen-bond donors (Lipinski definition) is 1. The average Bonchev–Trinajstić information content (AvgIpc) is 2.80. The Morgan fingerprint density at radius 3 is 2.52 bits per heavy atom. The molecule has 3 heteroatoms. The quantitative estimate of drug-likeness (QED) is 0.425. The Morgan fingerprint density at radius 2 is 1.79 bits per heavy atom. The van der Waals surface area contributed by atoms with Gasteiger partial charge in [-0.15, -0.1) is 0 Å². The Hall–Kier alpha value is -3.22. The summed E-state index contributed by atoms with van der Waals surface area (Å²) < 4.78 is 0. The SMILES string of the molecule is CC(C)CC(O)c1cc(/C=C/c2ccc3c(c2)C(C(C)C)=NCC3)cc2ccc(C#N)cc12. The largest absolute Gasteiger partial charge is 0.388 e. The van der Waals surface area contributed by atoms with Gasteiger partial charge in [-0.2, -0.15) is 5.26 Å². The zero-order valence-electron chi connectivity index (χ0n) is 20.0. The number of aliphatic hydroxyl groups is 1. The topological polar surface area (TPSA) is 56.4 Å². The standard InChI is InChI=1S/C30H32N2O/c1-19(2)13-29(33)28-16-22(14-25-10-8-23(18-31)17-26(25)28)6-5-21-7-9-24-11-12-32-30(20(3)4)27(24)15-21/h5-10,14-17,19-20,29,33H,11-13H2,1-4H3/b6-5+. The van der Waals surface area contributed by atoms with E-state index in [0.29, 0.717) is 23.8 Å². The second-order valence-electron chi connectivity index (χ2n) is 9.72. The molecule has 0 aliphatic carbocycles. The maximum atomic E-state index is 11.0. The third-order valence-corrected chi connectivity index (χ3v) is 6.28. The predicted molar refractivity (Wildman–Crippen MR) is 138 cm³/mol. The normalized spacial score (nSPS) is 14.5. The Balaban J connectivity index is 1.73. The Morgan fingerprint density at radius 1 is 1.00 bits per heavy atom. The molecule has 0 fully saturated rings. The molecule has 1 aliphatic rings. The van der Waals surface area contributed by atoms with E-state index in [-0.39, 0.29) is 0 Å². The molecule has 1 atom stereocenters. The highest BCUT2D eigenvalue weighted by molar-refractivity contribution is 6.04. The van der Waals surface area contributed by atoms with E-state index in [1.807, 2.05) is 18.2 Å². The summed E-state index contributed by atoms with van der Waals surface area (Å²) in [6.07, 6.45) is 5.36. The van der Waals surface area contributed by atoms with Gasteiger partial charge in [0.05, 0.1) is 17.7 Å². The van der Waals surface area contributed by atoms with Crippen molar-refractivity contribution in [2.24, 2.45) is 16.8 Å². The van der Waals surface area contributed by atoms with Crippen molar-refractivity contribution in [3.05, 3.63) is 81.9 Å². The molecule has 4 rings (SSSR count). The third kappa shape index (κ3) is 5.07. The lowest BCUT2D eigenvalue weighted by Crippen LogP contribution is -2.18. The molecule has 1 N–H and O–H groups in total. The molecule has 0 spiro atoms. The van der Waals surface area contributed by atoms with Gasteiger partial charge in [-0.05, 0) is 93.6 Å². The first-order valence-corrected chi connectivity index (χ1v) is 11.9. The monoisotopic (exact) mass is 436 g/mol. The summed E-state index contributed by atoms with van der Waals surface area (Å²) in [4.78, 5) is 4.77. The molecule has 1 heterocycles. The lowest BCUT2D eigenvalue weighted by Gasteiger charge is -2.20. The summed E-state index contributed by atoms with van der Waals surface area (Å²) in [5.41, 5.74) is 7.54. The van der Waals surface area contributed by atoms with Gasteiger partial charge in [0.1, 0.15) is 0 Å². The molecule has 0 bridgehead atoms. The molecule has 0 amide bonds. The van der Waals surface area contributed by atoms with Crippen LogP contribution in [-0.2, 0) is 6.42 Å². The zero-order valence-corrected chi connectivity index (χ0v) is 20.0. The van der Waals surface area contributed by atoms with Crippen LogP contribution < -0.4 is 0 Å². The van der Waals surface area contributed by atoms with Crippen molar-refractivity contribution in [2.45, 2.75) is 46.6 Å². The number of fused-ring (bicyclic) bond motifs is 2. The Bertz CT molecular complexity index is 1270. The number of rotatable bonds is 6. The molecule has 33 heavy (non-hydrogen) atoms. The molecule has 1 aliphatic heterocycles. The Kier molecular flexibility index (Phi) is 6.77. The van der Waals surface area contributed by atoms with Gasteiger partial charge < -0.3 is 5.11 Å². The number of aliphatic hydroxyl groups excluding tert-OH is 1. The van der Waals surface area contributed by atoms with Crippen molar-refractivity contribution in [1.29, 1.82) is 5.26 Å². The van der Waals surface area contributed by atoms with Crippen LogP contribution in [0.2, 0.25) is 0 Å². The van der Waals surface area contributed by atoms with Gasteiger partial charge in [-0.25, -0.2) is 0 Å². The van der Waals surface area contributed by atoms with Gasteiger partial charge in [0.2, 0.25) is 0 Å². The molecule has 3 nitrogen and oxygen atoms in total. The predicted octanol–water partition coefficient (Wildman–Crippen LogP) is 6.96. The maximum Gasteiger partial charge on any atom is 0.0991 e. The van der Waals surface area contributed by atoms with Crippen molar-refractivity contribution < 1.29 is 5.11 Å². The number of hydrogen-bond acceptors (Lipinski definition) is 3. The van der Waals surface area contributed by atoms with Crippen LogP contribution in [0.1, 0.15) is 73.6 Å². The van der Waals surface area contributed by atoms with E-state index >= 15 is 0 Å². The van der Waals surface area contributed by atoms with E-state index < -0.39 is 6.10 Å².